The molecule has 0 saturated heterocycles. The monoisotopic (exact) mass is 284 g/mol. The maximum atomic E-state index is 12.1. The molecule has 0 fully saturated rings. The van der Waals surface area contributed by atoms with E-state index in [4.69, 9.17) is 5.73 Å². The fraction of sp³-hybridized carbons (Fsp3) is 0.812. The average Bonchev–Trinajstić information content (AvgIpc) is 2.31. The molecule has 0 aromatic heterocycles. The number of aliphatic hydroxyl groups excluding tert-OH is 1. The van der Waals surface area contributed by atoms with Crippen molar-refractivity contribution in [2.24, 2.45) is 23.5 Å². The number of aliphatic hydroxyl groups is 1. The van der Waals surface area contributed by atoms with Gasteiger partial charge in [0.1, 0.15) is 0 Å². The van der Waals surface area contributed by atoms with Gasteiger partial charge >= 0.3 is 0 Å². The summed E-state index contributed by atoms with van der Waals surface area (Å²) in [5.41, 5.74) is 6.57. The fourth-order valence-electron chi connectivity index (χ4n) is 1.92. The molecule has 118 valence electrons. The van der Waals surface area contributed by atoms with E-state index in [1.54, 1.807) is 6.08 Å². The van der Waals surface area contributed by atoms with Crippen LogP contribution in [0.1, 0.15) is 48.0 Å². The molecule has 0 aromatic rings. The summed E-state index contributed by atoms with van der Waals surface area (Å²) >= 11 is 0. The quantitative estimate of drug-likeness (QED) is 0.597. The molecule has 0 radical (unpaired) electrons. The first-order valence-corrected chi connectivity index (χ1v) is 7.58. The van der Waals surface area contributed by atoms with E-state index in [1.165, 1.54) is 0 Å². The number of carbonyl (C=O) groups is 1. The fourth-order valence-corrected chi connectivity index (χ4v) is 1.92. The van der Waals surface area contributed by atoms with Gasteiger partial charge in [0.2, 0.25) is 5.91 Å². The minimum atomic E-state index is -0.778. The van der Waals surface area contributed by atoms with Crippen LogP contribution in [-0.2, 0) is 4.79 Å². The average molecular weight is 284 g/mol. The lowest BCUT2D eigenvalue weighted by Crippen LogP contribution is -2.36. The maximum absolute atomic E-state index is 12.1. The van der Waals surface area contributed by atoms with Gasteiger partial charge in [0.15, 0.2) is 0 Å². The molecule has 0 aliphatic carbocycles. The zero-order chi connectivity index (χ0) is 15.9. The van der Waals surface area contributed by atoms with E-state index in [1.807, 2.05) is 27.7 Å². The lowest BCUT2D eigenvalue weighted by molar-refractivity contribution is -0.118. The summed E-state index contributed by atoms with van der Waals surface area (Å²) in [4.78, 5) is 12.1. The Kier molecular flexibility index (Phi) is 8.74. The lowest BCUT2D eigenvalue weighted by Gasteiger charge is -2.20. The van der Waals surface area contributed by atoms with Gasteiger partial charge in [0.05, 0.1) is 6.10 Å². The van der Waals surface area contributed by atoms with Gasteiger partial charge in [-0.15, -0.1) is 0 Å². The molecule has 1 amide bonds. The second kappa shape index (κ2) is 9.14. The third-order valence-corrected chi connectivity index (χ3v) is 3.09. The van der Waals surface area contributed by atoms with Gasteiger partial charge in [-0.25, -0.2) is 0 Å². The van der Waals surface area contributed by atoms with Crippen molar-refractivity contribution in [2.45, 2.75) is 60.1 Å². The van der Waals surface area contributed by atoms with Crippen molar-refractivity contribution in [3.63, 3.8) is 0 Å². The lowest BCUT2D eigenvalue weighted by atomic mass is 9.95. The molecule has 20 heavy (non-hydrogen) atoms. The highest BCUT2D eigenvalue weighted by molar-refractivity contribution is 5.93. The van der Waals surface area contributed by atoms with E-state index < -0.39 is 6.10 Å². The van der Waals surface area contributed by atoms with Gasteiger partial charge in [-0.1, -0.05) is 41.5 Å². The molecule has 0 spiro atoms. The van der Waals surface area contributed by atoms with Gasteiger partial charge in [-0.05, 0) is 30.3 Å². The highest BCUT2D eigenvalue weighted by Gasteiger charge is 2.19. The van der Waals surface area contributed by atoms with E-state index in [0.29, 0.717) is 24.0 Å². The van der Waals surface area contributed by atoms with E-state index >= 15 is 0 Å². The molecule has 0 unspecified atom stereocenters. The van der Waals surface area contributed by atoms with Crippen molar-refractivity contribution in [3.8, 4) is 0 Å². The SMILES string of the molecule is CC(C)CNC(=O)C(=C[C@H](O)[C@@H](N)CC(C)C)C(C)C. The van der Waals surface area contributed by atoms with Crippen LogP contribution in [-0.4, -0.2) is 29.7 Å². The van der Waals surface area contributed by atoms with Crippen molar-refractivity contribution in [2.75, 3.05) is 6.54 Å². The van der Waals surface area contributed by atoms with Gasteiger partial charge in [0.25, 0.3) is 0 Å². The predicted octanol–water partition coefficient (Wildman–Crippen LogP) is 2.08. The topological polar surface area (TPSA) is 75.3 Å². The zero-order valence-electron chi connectivity index (χ0n) is 13.8. The second-order valence-electron chi connectivity index (χ2n) is 6.66. The van der Waals surface area contributed by atoms with Crippen molar-refractivity contribution in [3.05, 3.63) is 11.6 Å². The molecule has 0 aliphatic rings. The smallest absolute Gasteiger partial charge is 0.247 e. The number of hydrogen-bond acceptors (Lipinski definition) is 3. The molecule has 4 nitrogen and oxygen atoms in total. The zero-order valence-corrected chi connectivity index (χ0v) is 13.8. The number of rotatable bonds is 8. The van der Waals surface area contributed by atoms with Crippen LogP contribution in [0.3, 0.4) is 0 Å². The van der Waals surface area contributed by atoms with Crippen LogP contribution in [0.25, 0.3) is 0 Å². The van der Waals surface area contributed by atoms with E-state index in [2.05, 4.69) is 19.2 Å². The van der Waals surface area contributed by atoms with E-state index in [9.17, 15) is 9.90 Å². The number of amides is 1. The first-order valence-electron chi connectivity index (χ1n) is 7.58. The Morgan fingerprint density at radius 1 is 1.15 bits per heavy atom. The second-order valence-corrected chi connectivity index (χ2v) is 6.66. The number of hydrogen-bond donors (Lipinski definition) is 3. The van der Waals surface area contributed by atoms with Crippen LogP contribution in [0.2, 0.25) is 0 Å². The summed E-state index contributed by atoms with van der Waals surface area (Å²) in [6.07, 6.45) is 1.57. The Morgan fingerprint density at radius 3 is 2.10 bits per heavy atom. The van der Waals surface area contributed by atoms with E-state index in [-0.39, 0.29) is 17.9 Å². The summed E-state index contributed by atoms with van der Waals surface area (Å²) in [7, 11) is 0. The molecular weight excluding hydrogens is 252 g/mol. The van der Waals surface area contributed by atoms with Crippen LogP contribution < -0.4 is 11.1 Å². The Hall–Kier alpha value is -0.870. The first-order chi connectivity index (χ1) is 9.15. The largest absolute Gasteiger partial charge is 0.387 e. The van der Waals surface area contributed by atoms with Crippen LogP contribution in [0.15, 0.2) is 11.6 Å². The van der Waals surface area contributed by atoms with Crippen LogP contribution >= 0.6 is 0 Å². The molecule has 4 N–H and O–H groups in total. The number of nitrogens with two attached hydrogens (primary N) is 1. The molecule has 4 heteroatoms. The van der Waals surface area contributed by atoms with Crippen LogP contribution in [0.5, 0.6) is 0 Å². The maximum Gasteiger partial charge on any atom is 0.247 e. The van der Waals surface area contributed by atoms with Crippen molar-refractivity contribution >= 4 is 5.91 Å². The normalized spacial score (nSPS) is 15.8. The van der Waals surface area contributed by atoms with Gasteiger partial charge in [0, 0.05) is 18.2 Å². The van der Waals surface area contributed by atoms with E-state index in [0.717, 1.165) is 6.42 Å². The molecule has 0 aliphatic heterocycles. The number of carbonyl (C=O) groups excluding carboxylic acids is 1. The van der Waals surface area contributed by atoms with Gasteiger partial charge in [-0.3, -0.25) is 4.79 Å². The minimum absolute atomic E-state index is 0.0584. The standard InChI is InChI=1S/C16H32N2O2/c1-10(2)7-14(17)15(19)8-13(12(5)6)16(20)18-9-11(3)4/h8,10-12,14-15,19H,7,9,17H2,1-6H3,(H,18,20)/t14-,15-/m0/s1. The Morgan fingerprint density at radius 2 is 1.70 bits per heavy atom. The summed E-state index contributed by atoms with van der Waals surface area (Å²) < 4.78 is 0. The minimum Gasteiger partial charge on any atom is -0.387 e. The molecular formula is C16H32N2O2. The van der Waals surface area contributed by atoms with Crippen LogP contribution in [0.4, 0.5) is 0 Å². The third-order valence-electron chi connectivity index (χ3n) is 3.09. The highest BCUT2D eigenvalue weighted by Crippen LogP contribution is 2.14. The molecule has 0 heterocycles. The van der Waals surface area contributed by atoms with Gasteiger partial charge in [-0.2, -0.15) is 0 Å². The molecule has 2 atom stereocenters. The van der Waals surface area contributed by atoms with Crippen molar-refractivity contribution < 1.29 is 9.90 Å². The molecule has 0 bridgehead atoms. The summed E-state index contributed by atoms with van der Waals surface area (Å²) in [5, 5.41) is 13.0. The Labute approximate surface area is 123 Å². The summed E-state index contributed by atoms with van der Waals surface area (Å²) in [6.45, 7) is 12.8. The highest BCUT2D eigenvalue weighted by atomic mass is 16.3. The van der Waals surface area contributed by atoms with Crippen molar-refractivity contribution in [1.29, 1.82) is 0 Å². The predicted molar refractivity (Wildman–Crippen MR) is 84.2 cm³/mol. The third kappa shape index (κ3) is 7.65. The Bertz CT molecular complexity index is 322. The molecule has 0 rings (SSSR count). The first kappa shape index (κ1) is 19.1. The molecule has 0 aromatic carbocycles. The van der Waals surface area contributed by atoms with Crippen molar-refractivity contribution in [1.82, 2.24) is 5.32 Å². The number of nitrogens with one attached hydrogen (secondary N) is 1. The van der Waals surface area contributed by atoms with Crippen LogP contribution in [0, 0.1) is 17.8 Å². The summed E-state index contributed by atoms with van der Waals surface area (Å²) in [5.74, 6) is 0.776. The molecule has 0 saturated carbocycles. The Balaban J connectivity index is 4.80. The van der Waals surface area contributed by atoms with Gasteiger partial charge < -0.3 is 16.2 Å². The summed E-state index contributed by atoms with van der Waals surface area (Å²) in [6, 6.07) is -0.332.